The molecule has 0 aliphatic rings. The van der Waals surface area contributed by atoms with Gasteiger partial charge in [-0.15, -0.1) is 0 Å². The lowest BCUT2D eigenvalue weighted by Gasteiger charge is -2.26. The predicted octanol–water partition coefficient (Wildman–Crippen LogP) is 4.99. The Hall–Kier alpha value is -2.10. The maximum absolute atomic E-state index is 4.47. The molecule has 0 aliphatic carbocycles. The summed E-state index contributed by atoms with van der Waals surface area (Å²) >= 11 is 0. The van der Waals surface area contributed by atoms with E-state index in [1.54, 1.807) is 0 Å². The molecule has 0 saturated carbocycles. The lowest BCUT2D eigenvalue weighted by molar-refractivity contribution is 0.494. The highest BCUT2D eigenvalue weighted by atomic mass is 15.0. The van der Waals surface area contributed by atoms with Gasteiger partial charge in [0.2, 0.25) is 0 Å². The quantitative estimate of drug-likeness (QED) is 0.746. The summed E-state index contributed by atoms with van der Waals surface area (Å²) in [5, 5.41) is 6.78. The molecular formula is C21H32N4. The molecule has 4 nitrogen and oxygen atoms in total. The molecule has 0 saturated heterocycles. The first-order chi connectivity index (χ1) is 11.7. The Morgan fingerprint density at radius 3 is 1.96 bits per heavy atom. The summed E-state index contributed by atoms with van der Waals surface area (Å²) in [4.78, 5) is 8.94. The van der Waals surface area contributed by atoms with Gasteiger partial charge in [0, 0.05) is 24.2 Å². The Morgan fingerprint density at radius 1 is 0.840 bits per heavy atom. The van der Waals surface area contributed by atoms with Gasteiger partial charge in [-0.3, -0.25) is 0 Å². The monoisotopic (exact) mass is 340 g/mol. The van der Waals surface area contributed by atoms with Gasteiger partial charge in [0.25, 0.3) is 0 Å². The predicted molar refractivity (Wildman–Crippen MR) is 107 cm³/mol. The fraction of sp³-hybridized carbons (Fsp3) is 0.524. The first kappa shape index (κ1) is 19.2. The summed E-state index contributed by atoms with van der Waals surface area (Å²) in [5.74, 6) is 0.874. The molecule has 136 valence electrons. The number of benzene rings is 1. The van der Waals surface area contributed by atoms with Crippen LogP contribution >= 0.6 is 0 Å². The Kier molecular flexibility index (Phi) is 6.04. The molecule has 1 heterocycles. The second-order valence-electron chi connectivity index (χ2n) is 8.21. The molecular weight excluding hydrogens is 308 g/mol. The van der Waals surface area contributed by atoms with Crippen LogP contribution in [0.25, 0.3) is 0 Å². The van der Waals surface area contributed by atoms with E-state index in [2.05, 4.69) is 86.4 Å². The summed E-state index contributed by atoms with van der Waals surface area (Å²) in [5.41, 5.74) is 3.61. The van der Waals surface area contributed by atoms with Crippen LogP contribution in [0.15, 0.2) is 36.7 Å². The zero-order valence-corrected chi connectivity index (χ0v) is 16.5. The summed E-state index contributed by atoms with van der Waals surface area (Å²) < 4.78 is 0. The van der Waals surface area contributed by atoms with Crippen molar-refractivity contribution in [2.45, 2.75) is 58.8 Å². The smallest absolute Gasteiger partial charge is 0.133 e. The van der Waals surface area contributed by atoms with E-state index in [-0.39, 0.29) is 10.8 Å². The molecule has 1 aromatic carbocycles. The highest BCUT2D eigenvalue weighted by Gasteiger charge is 2.20. The lowest BCUT2D eigenvalue weighted by Crippen LogP contribution is -2.22. The molecule has 0 radical (unpaired) electrons. The maximum Gasteiger partial charge on any atom is 0.133 e. The molecule has 2 rings (SSSR count). The summed E-state index contributed by atoms with van der Waals surface area (Å²) in [6.45, 7) is 14.9. The summed E-state index contributed by atoms with van der Waals surface area (Å²) in [6, 6.07) is 8.76. The van der Waals surface area contributed by atoms with Crippen molar-refractivity contribution >= 4 is 11.4 Å². The zero-order valence-electron chi connectivity index (χ0n) is 16.5. The third kappa shape index (κ3) is 5.45. The number of hydrogen-bond donors (Lipinski definition) is 2. The van der Waals surface area contributed by atoms with Crippen molar-refractivity contribution in [2.75, 3.05) is 23.7 Å². The van der Waals surface area contributed by atoms with Crippen molar-refractivity contribution in [2.24, 2.45) is 0 Å². The van der Waals surface area contributed by atoms with Crippen LogP contribution in [0, 0.1) is 0 Å². The van der Waals surface area contributed by atoms with E-state index in [0.717, 1.165) is 31.0 Å². The van der Waals surface area contributed by atoms with Gasteiger partial charge in [-0.25, -0.2) is 9.97 Å². The first-order valence-corrected chi connectivity index (χ1v) is 9.13. The van der Waals surface area contributed by atoms with Gasteiger partial charge in [0.15, 0.2) is 0 Å². The summed E-state index contributed by atoms with van der Waals surface area (Å²) in [7, 11) is 0. The fourth-order valence-corrected chi connectivity index (χ4v) is 2.71. The molecule has 4 heteroatoms. The molecule has 0 amide bonds. The van der Waals surface area contributed by atoms with Crippen LogP contribution in [0.3, 0.4) is 0 Å². The molecule has 0 spiro atoms. The van der Waals surface area contributed by atoms with Crippen LogP contribution in [-0.4, -0.2) is 23.1 Å². The van der Waals surface area contributed by atoms with Crippen molar-refractivity contribution in [1.29, 1.82) is 0 Å². The van der Waals surface area contributed by atoms with Crippen LogP contribution in [-0.2, 0) is 10.8 Å². The average Bonchev–Trinajstić information content (AvgIpc) is 2.55. The van der Waals surface area contributed by atoms with Gasteiger partial charge in [0.05, 0.1) is 18.1 Å². The largest absolute Gasteiger partial charge is 0.385 e. The number of hydrogen-bond acceptors (Lipinski definition) is 4. The lowest BCUT2D eigenvalue weighted by atomic mass is 9.81. The van der Waals surface area contributed by atoms with Crippen LogP contribution in [0.2, 0.25) is 0 Å². The van der Waals surface area contributed by atoms with Gasteiger partial charge in [-0.2, -0.15) is 0 Å². The van der Waals surface area contributed by atoms with Crippen LogP contribution in [0.5, 0.6) is 0 Å². The SMILES string of the molecule is CCNc1ccc(C(C)(C)CCNc2cnc(C(C)(C)C)nc2)cc1. The van der Waals surface area contributed by atoms with Gasteiger partial charge in [-0.05, 0) is 36.5 Å². The molecule has 0 aliphatic heterocycles. The Balaban J connectivity index is 1.91. The van der Waals surface area contributed by atoms with E-state index in [1.165, 1.54) is 11.3 Å². The molecule has 0 bridgehead atoms. The molecule has 0 unspecified atom stereocenters. The third-order valence-electron chi connectivity index (χ3n) is 4.45. The van der Waals surface area contributed by atoms with Gasteiger partial charge >= 0.3 is 0 Å². The van der Waals surface area contributed by atoms with Crippen molar-refractivity contribution in [3.63, 3.8) is 0 Å². The molecule has 25 heavy (non-hydrogen) atoms. The highest BCUT2D eigenvalue weighted by molar-refractivity contribution is 5.46. The second kappa shape index (κ2) is 7.85. The maximum atomic E-state index is 4.47. The normalized spacial score (nSPS) is 12.1. The Morgan fingerprint density at radius 2 is 1.44 bits per heavy atom. The highest BCUT2D eigenvalue weighted by Crippen LogP contribution is 2.28. The van der Waals surface area contributed by atoms with E-state index in [0.29, 0.717) is 0 Å². The molecule has 0 atom stereocenters. The molecule has 2 aromatic rings. The van der Waals surface area contributed by atoms with E-state index in [4.69, 9.17) is 0 Å². The number of nitrogens with zero attached hydrogens (tertiary/aromatic N) is 2. The molecule has 2 N–H and O–H groups in total. The fourth-order valence-electron chi connectivity index (χ4n) is 2.71. The van der Waals surface area contributed by atoms with E-state index < -0.39 is 0 Å². The van der Waals surface area contributed by atoms with Gasteiger partial charge in [-0.1, -0.05) is 46.8 Å². The van der Waals surface area contributed by atoms with E-state index >= 15 is 0 Å². The minimum atomic E-state index is -0.0146. The third-order valence-corrected chi connectivity index (χ3v) is 4.45. The summed E-state index contributed by atoms with van der Waals surface area (Å²) in [6.07, 6.45) is 4.80. The standard InChI is InChI=1S/C21H32N4/c1-7-22-17-10-8-16(9-11-17)21(5,6)12-13-23-18-14-24-19(25-15-18)20(2,3)4/h8-11,14-15,22-23H,7,12-13H2,1-6H3. The second-order valence-corrected chi connectivity index (χ2v) is 8.21. The number of aromatic nitrogens is 2. The minimum absolute atomic E-state index is 0.0146. The van der Waals surface area contributed by atoms with Crippen molar-refractivity contribution in [3.05, 3.63) is 48.0 Å². The average molecular weight is 341 g/mol. The zero-order chi connectivity index (χ0) is 18.5. The van der Waals surface area contributed by atoms with E-state index in [1.807, 2.05) is 12.4 Å². The van der Waals surface area contributed by atoms with E-state index in [9.17, 15) is 0 Å². The molecule has 0 fully saturated rings. The minimum Gasteiger partial charge on any atom is -0.385 e. The topological polar surface area (TPSA) is 49.8 Å². The van der Waals surface area contributed by atoms with Crippen LogP contribution < -0.4 is 10.6 Å². The van der Waals surface area contributed by atoms with Gasteiger partial charge < -0.3 is 10.6 Å². The van der Waals surface area contributed by atoms with Gasteiger partial charge in [0.1, 0.15) is 5.82 Å². The van der Waals surface area contributed by atoms with Crippen molar-refractivity contribution in [1.82, 2.24) is 9.97 Å². The Labute approximate surface area is 152 Å². The number of anilines is 2. The van der Waals surface area contributed by atoms with Crippen molar-refractivity contribution < 1.29 is 0 Å². The number of nitrogens with one attached hydrogen (secondary N) is 2. The van der Waals surface area contributed by atoms with Crippen molar-refractivity contribution in [3.8, 4) is 0 Å². The van der Waals surface area contributed by atoms with Crippen LogP contribution in [0.4, 0.5) is 11.4 Å². The Bertz CT molecular complexity index is 652. The number of rotatable bonds is 7. The van der Waals surface area contributed by atoms with Crippen LogP contribution in [0.1, 0.15) is 59.4 Å². The first-order valence-electron chi connectivity index (χ1n) is 9.13. The molecule has 1 aromatic heterocycles.